The highest BCUT2D eigenvalue weighted by Gasteiger charge is 2.22. The molecular formula is C52H34N2O2. The zero-order chi connectivity index (χ0) is 37.0. The molecular weight excluding hydrogens is 685 g/mol. The summed E-state index contributed by atoms with van der Waals surface area (Å²) in [6, 6.07) is 72.6. The molecule has 0 amide bonds. The molecule has 0 bridgehead atoms. The van der Waals surface area contributed by atoms with Crippen LogP contribution in [0.25, 0.3) is 65.8 Å². The Bertz CT molecular complexity index is 3200. The molecule has 0 unspecified atom stereocenters. The van der Waals surface area contributed by atoms with E-state index in [1.807, 2.05) is 24.3 Å². The van der Waals surface area contributed by atoms with Gasteiger partial charge in [0.1, 0.15) is 16.7 Å². The molecule has 4 nitrogen and oxygen atoms in total. The first-order valence-electron chi connectivity index (χ1n) is 18.9. The third-order valence-corrected chi connectivity index (χ3v) is 10.9. The molecule has 9 aromatic carbocycles. The maximum Gasteiger partial charge on any atom is 0.159 e. The van der Waals surface area contributed by atoms with Crippen LogP contribution >= 0.6 is 0 Å². The highest BCUT2D eigenvalue weighted by atomic mass is 16.3. The van der Waals surface area contributed by atoms with E-state index in [2.05, 4.69) is 192 Å². The van der Waals surface area contributed by atoms with Crippen molar-refractivity contribution >= 4 is 88.8 Å². The molecule has 0 aliphatic heterocycles. The Morgan fingerprint density at radius 3 is 1.55 bits per heavy atom. The molecule has 0 saturated heterocycles. The smallest absolute Gasteiger partial charge is 0.159 e. The Morgan fingerprint density at radius 1 is 0.286 bits per heavy atom. The minimum absolute atomic E-state index is 0.865. The summed E-state index contributed by atoms with van der Waals surface area (Å²) in [5.41, 5.74) is 12.2. The van der Waals surface area contributed by atoms with Crippen molar-refractivity contribution in [1.29, 1.82) is 0 Å². The SMILES string of the molecule is c1ccc(N(c2ccc(-c3ccc(N(c4ccccc4)c4cccc5c4oc4ccccc45)c4ccccc34)cc2)c2ccc3oc4ccccc4c3c2)cc1. The first-order valence-corrected chi connectivity index (χ1v) is 18.9. The van der Waals surface area contributed by atoms with Crippen LogP contribution in [-0.4, -0.2) is 0 Å². The van der Waals surface area contributed by atoms with Crippen LogP contribution in [0.1, 0.15) is 0 Å². The third-order valence-electron chi connectivity index (χ3n) is 10.9. The van der Waals surface area contributed by atoms with Crippen LogP contribution in [0, 0.1) is 0 Å². The second kappa shape index (κ2) is 13.1. The van der Waals surface area contributed by atoms with E-state index in [0.717, 1.165) is 89.0 Å². The number of anilines is 6. The quantitative estimate of drug-likeness (QED) is 0.164. The Balaban J connectivity index is 1.03. The Labute approximate surface area is 323 Å². The molecule has 4 heteroatoms. The van der Waals surface area contributed by atoms with E-state index in [1.165, 1.54) is 10.9 Å². The van der Waals surface area contributed by atoms with Crippen LogP contribution in [0.3, 0.4) is 0 Å². The van der Waals surface area contributed by atoms with E-state index in [9.17, 15) is 0 Å². The highest BCUT2D eigenvalue weighted by molar-refractivity contribution is 6.13. The summed E-state index contributed by atoms with van der Waals surface area (Å²) in [6.45, 7) is 0. The van der Waals surface area contributed by atoms with Gasteiger partial charge in [-0.25, -0.2) is 0 Å². The minimum atomic E-state index is 0.865. The van der Waals surface area contributed by atoms with E-state index in [4.69, 9.17) is 8.83 Å². The maximum absolute atomic E-state index is 6.59. The molecule has 0 radical (unpaired) electrons. The normalized spacial score (nSPS) is 11.6. The summed E-state index contributed by atoms with van der Waals surface area (Å²) < 4.78 is 12.8. The van der Waals surface area contributed by atoms with Crippen molar-refractivity contribution in [2.24, 2.45) is 0 Å². The number of para-hydroxylation sites is 5. The highest BCUT2D eigenvalue weighted by Crippen LogP contribution is 2.46. The molecule has 0 aliphatic rings. The number of furan rings is 2. The molecule has 56 heavy (non-hydrogen) atoms. The van der Waals surface area contributed by atoms with Gasteiger partial charge in [-0.1, -0.05) is 127 Å². The molecule has 0 N–H and O–H groups in total. The topological polar surface area (TPSA) is 32.8 Å². The average Bonchev–Trinajstić information content (AvgIpc) is 3.84. The van der Waals surface area contributed by atoms with Crippen molar-refractivity contribution in [2.45, 2.75) is 0 Å². The molecule has 0 atom stereocenters. The van der Waals surface area contributed by atoms with Gasteiger partial charge in [0.2, 0.25) is 0 Å². The van der Waals surface area contributed by atoms with Gasteiger partial charge >= 0.3 is 0 Å². The Kier molecular flexibility index (Phi) is 7.46. The van der Waals surface area contributed by atoms with Crippen LogP contribution in [0.15, 0.2) is 215 Å². The summed E-state index contributed by atoms with van der Waals surface area (Å²) >= 11 is 0. The van der Waals surface area contributed by atoms with Crippen molar-refractivity contribution in [3.05, 3.63) is 206 Å². The summed E-state index contributed by atoms with van der Waals surface area (Å²) in [4.78, 5) is 4.64. The second-order valence-corrected chi connectivity index (χ2v) is 14.1. The molecule has 0 spiro atoms. The van der Waals surface area contributed by atoms with E-state index >= 15 is 0 Å². The molecule has 0 aliphatic carbocycles. The van der Waals surface area contributed by atoms with Gasteiger partial charge in [-0.3, -0.25) is 0 Å². The lowest BCUT2D eigenvalue weighted by Crippen LogP contribution is -2.11. The monoisotopic (exact) mass is 718 g/mol. The van der Waals surface area contributed by atoms with Crippen molar-refractivity contribution in [3.8, 4) is 11.1 Å². The van der Waals surface area contributed by atoms with E-state index in [-0.39, 0.29) is 0 Å². The minimum Gasteiger partial charge on any atom is -0.456 e. The molecule has 2 aromatic heterocycles. The van der Waals surface area contributed by atoms with E-state index in [0.29, 0.717) is 0 Å². The van der Waals surface area contributed by atoms with Crippen LogP contribution in [0.2, 0.25) is 0 Å². The van der Waals surface area contributed by atoms with Gasteiger partial charge < -0.3 is 18.6 Å². The lowest BCUT2D eigenvalue weighted by molar-refractivity contribution is 0.668. The van der Waals surface area contributed by atoms with Gasteiger partial charge in [0.15, 0.2) is 5.58 Å². The molecule has 11 aromatic rings. The Hall–Kier alpha value is -7.56. The average molecular weight is 719 g/mol. The van der Waals surface area contributed by atoms with Gasteiger partial charge in [-0.15, -0.1) is 0 Å². The fourth-order valence-electron chi connectivity index (χ4n) is 8.29. The Morgan fingerprint density at radius 2 is 0.821 bits per heavy atom. The predicted molar refractivity (Wildman–Crippen MR) is 233 cm³/mol. The van der Waals surface area contributed by atoms with E-state index in [1.54, 1.807) is 0 Å². The fraction of sp³-hybridized carbons (Fsp3) is 0. The van der Waals surface area contributed by atoms with E-state index < -0.39 is 0 Å². The van der Waals surface area contributed by atoms with Gasteiger partial charge in [0.05, 0.1) is 11.4 Å². The van der Waals surface area contributed by atoms with Crippen molar-refractivity contribution in [1.82, 2.24) is 0 Å². The lowest BCUT2D eigenvalue weighted by atomic mass is 9.96. The van der Waals surface area contributed by atoms with Crippen LogP contribution in [0.4, 0.5) is 34.1 Å². The number of rotatable bonds is 7. The van der Waals surface area contributed by atoms with Gasteiger partial charge in [-0.05, 0) is 95.4 Å². The number of hydrogen-bond donors (Lipinski definition) is 0. The third kappa shape index (κ3) is 5.23. The van der Waals surface area contributed by atoms with Gasteiger partial charge in [-0.2, -0.15) is 0 Å². The largest absolute Gasteiger partial charge is 0.456 e. The van der Waals surface area contributed by atoms with Crippen LogP contribution in [0.5, 0.6) is 0 Å². The molecule has 264 valence electrons. The van der Waals surface area contributed by atoms with Crippen molar-refractivity contribution < 1.29 is 8.83 Å². The van der Waals surface area contributed by atoms with Crippen molar-refractivity contribution in [3.63, 3.8) is 0 Å². The zero-order valence-electron chi connectivity index (χ0n) is 30.3. The number of nitrogens with zero attached hydrogens (tertiary/aromatic N) is 2. The fourth-order valence-corrected chi connectivity index (χ4v) is 8.29. The van der Waals surface area contributed by atoms with Crippen molar-refractivity contribution in [2.75, 3.05) is 9.80 Å². The summed E-state index contributed by atoms with van der Waals surface area (Å²) in [5, 5.41) is 6.75. The predicted octanol–water partition coefficient (Wildman–Crippen LogP) is 15.2. The van der Waals surface area contributed by atoms with Crippen LogP contribution < -0.4 is 9.80 Å². The summed E-state index contributed by atoms with van der Waals surface area (Å²) in [5.74, 6) is 0. The molecule has 0 fully saturated rings. The van der Waals surface area contributed by atoms with Gasteiger partial charge in [0.25, 0.3) is 0 Å². The molecule has 2 heterocycles. The standard InChI is InChI=1S/C52H34N2O2/c1-3-14-36(15-4-1)53(39-30-33-51-46(34-39)44-21-10-11-24-49(44)55-51)38-28-26-35(27-29-38)40-31-32-47(42-19-8-7-18-41(40)42)54(37-16-5-2-6-17-37)48-23-13-22-45-43-20-9-12-25-50(43)56-52(45)48/h1-34H. The van der Waals surface area contributed by atoms with Gasteiger partial charge in [0, 0.05) is 49.7 Å². The second-order valence-electron chi connectivity index (χ2n) is 14.1. The summed E-state index contributed by atoms with van der Waals surface area (Å²) in [7, 11) is 0. The number of hydrogen-bond acceptors (Lipinski definition) is 4. The number of fused-ring (bicyclic) bond motifs is 7. The lowest BCUT2D eigenvalue weighted by Gasteiger charge is -2.27. The maximum atomic E-state index is 6.59. The number of benzene rings is 9. The molecule has 11 rings (SSSR count). The zero-order valence-corrected chi connectivity index (χ0v) is 30.3. The molecule has 0 saturated carbocycles. The first-order chi connectivity index (χ1) is 27.8. The summed E-state index contributed by atoms with van der Waals surface area (Å²) in [6.07, 6.45) is 0. The van der Waals surface area contributed by atoms with Crippen LogP contribution in [-0.2, 0) is 0 Å². The first kappa shape index (κ1) is 31.9.